The van der Waals surface area contributed by atoms with Gasteiger partial charge in [0.15, 0.2) is 5.82 Å². The fourth-order valence-electron chi connectivity index (χ4n) is 1.39. The molecule has 17 heavy (non-hydrogen) atoms. The van der Waals surface area contributed by atoms with Crippen molar-refractivity contribution < 1.29 is 4.74 Å². The van der Waals surface area contributed by atoms with Crippen LogP contribution in [-0.2, 0) is 0 Å². The van der Waals surface area contributed by atoms with Crippen molar-refractivity contribution in [1.29, 1.82) is 0 Å². The largest absolute Gasteiger partial charge is 0.496 e. The normalized spacial score (nSPS) is 10.4. The zero-order valence-corrected chi connectivity index (χ0v) is 11.0. The number of aromatic nitrogens is 2. The third-order valence-corrected chi connectivity index (χ3v) is 2.78. The standard InChI is InChI=1S/C11H7Cl3N2O/c1-17-7-4-2-3-6(12)10(7)11-15-8(13)5-9(14)16-11/h2-5H,1H3. The van der Waals surface area contributed by atoms with Crippen molar-refractivity contribution in [3.63, 3.8) is 0 Å². The van der Waals surface area contributed by atoms with E-state index in [1.165, 1.54) is 6.07 Å². The van der Waals surface area contributed by atoms with Crippen molar-refractivity contribution in [3.8, 4) is 17.1 Å². The molecular formula is C11H7Cl3N2O. The third-order valence-electron chi connectivity index (χ3n) is 2.08. The molecule has 0 aliphatic rings. The molecule has 1 aromatic carbocycles. The average Bonchev–Trinajstić information content (AvgIpc) is 2.27. The summed E-state index contributed by atoms with van der Waals surface area (Å²) in [5.74, 6) is 0.904. The summed E-state index contributed by atoms with van der Waals surface area (Å²) in [5.41, 5.74) is 0.570. The molecule has 0 radical (unpaired) electrons. The lowest BCUT2D eigenvalue weighted by atomic mass is 10.2. The maximum atomic E-state index is 6.10. The molecule has 88 valence electrons. The maximum absolute atomic E-state index is 6.10. The number of nitrogens with zero attached hydrogens (tertiary/aromatic N) is 2. The molecule has 0 unspecified atom stereocenters. The Bertz CT molecular complexity index is 540. The number of halogens is 3. The van der Waals surface area contributed by atoms with Gasteiger partial charge in [-0.3, -0.25) is 0 Å². The SMILES string of the molecule is COc1cccc(Cl)c1-c1nc(Cl)cc(Cl)n1. The van der Waals surface area contributed by atoms with Crippen LogP contribution in [0.2, 0.25) is 15.3 Å². The van der Waals surface area contributed by atoms with Gasteiger partial charge in [-0.1, -0.05) is 40.9 Å². The minimum atomic E-state index is 0.252. The number of methoxy groups -OCH3 is 1. The molecule has 1 heterocycles. The molecule has 1 aromatic heterocycles. The molecule has 0 atom stereocenters. The number of ether oxygens (including phenoxy) is 1. The summed E-state index contributed by atoms with van der Waals surface area (Å²) in [4.78, 5) is 8.16. The molecule has 6 heteroatoms. The number of rotatable bonds is 2. The Labute approximate surface area is 113 Å². The Morgan fingerprint density at radius 3 is 2.29 bits per heavy atom. The van der Waals surface area contributed by atoms with E-state index in [4.69, 9.17) is 39.5 Å². The molecule has 2 rings (SSSR count). The molecule has 0 bridgehead atoms. The molecular weight excluding hydrogens is 282 g/mol. The Balaban J connectivity index is 2.67. The predicted molar refractivity (Wildman–Crippen MR) is 69.1 cm³/mol. The van der Waals surface area contributed by atoms with Gasteiger partial charge < -0.3 is 4.74 Å². The summed E-state index contributed by atoms with van der Waals surface area (Å²) in [5, 5.41) is 0.978. The highest BCUT2D eigenvalue weighted by atomic mass is 35.5. The quantitative estimate of drug-likeness (QED) is 0.780. The van der Waals surface area contributed by atoms with Crippen molar-refractivity contribution in [2.24, 2.45) is 0 Å². The lowest BCUT2D eigenvalue weighted by Crippen LogP contribution is -1.94. The highest BCUT2D eigenvalue weighted by molar-refractivity contribution is 6.34. The molecule has 0 saturated heterocycles. The van der Waals surface area contributed by atoms with Crippen molar-refractivity contribution >= 4 is 34.8 Å². The summed E-state index contributed by atoms with van der Waals surface area (Å²) in [6, 6.07) is 6.71. The van der Waals surface area contributed by atoms with Gasteiger partial charge in [0.05, 0.1) is 17.7 Å². The van der Waals surface area contributed by atoms with Crippen molar-refractivity contribution in [2.45, 2.75) is 0 Å². The number of hydrogen-bond donors (Lipinski definition) is 0. The van der Waals surface area contributed by atoms with E-state index in [0.29, 0.717) is 22.2 Å². The zero-order chi connectivity index (χ0) is 12.4. The topological polar surface area (TPSA) is 35.0 Å². The highest BCUT2D eigenvalue weighted by Gasteiger charge is 2.14. The summed E-state index contributed by atoms with van der Waals surface area (Å²) in [6.07, 6.45) is 0. The first-order valence-electron chi connectivity index (χ1n) is 4.65. The molecule has 0 amide bonds. The van der Waals surface area contributed by atoms with E-state index in [9.17, 15) is 0 Å². The van der Waals surface area contributed by atoms with Crippen LogP contribution in [0, 0.1) is 0 Å². The van der Waals surface area contributed by atoms with E-state index < -0.39 is 0 Å². The second-order valence-corrected chi connectivity index (χ2v) is 4.34. The fraction of sp³-hybridized carbons (Fsp3) is 0.0909. The minimum absolute atomic E-state index is 0.252. The van der Waals surface area contributed by atoms with Gasteiger partial charge in [-0.05, 0) is 12.1 Å². The van der Waals surface area contributed by atoms with E-state index in [1.54, 1.807) is 25.3 Å². The smallest absolute Gasteiger partial charge is 0.167 e. The number of hydrogen-bond acceptors (Lipinski definition) is 3. The first-order chi connectivity index (χ1) is 8.11. The van der Waals surface area contributed by atoms with Crippen LogP contribution in [0.15, 0.2) is 24.3 Å². The van der Waals surface area contributed by atoms with Gasteiger partial charge in [-0.15, -0.1) is 0 Å². The van der Waals surface area contributed by atoms with Gasteiger partial charge in [0.2, 0.25) is 0 Å². The van der Waals surface area contributed by atoms with Crippen LogP contribution in [0.25, 0.3) is 11.4 Å². The van der Waals surface area contributed by atoms with Crippen molar-refractivity contribution in [3.05, 3.63) is 39.6 Å². The summed E-state index contributed by atoms with van der Waals surface area (Å²) < 4.78 is 5.21. The van der Waals surface area contributed by atoms with Gasteiger partial charge in [0.25, 0.3) is 0 Å². The van der Waals surface area contributed by atoms with E-state index in [1.807, 2.05) is 0 Å². The van der Waals surface area contributed by atoms with Crippen molar-refractivity contribution in [1.82, 2.24) is 9.97 Å². The second-order valence-electron chi connectivity index (χ2n) is 3.15. The van der Waals surface area contributed by atoms with Crippen LogP contribution in [-0.4, -0.2) is 17.1 Å². The molecule has 3 nitrogen and oxygen atoms in total. The number of benzene rings is 1. The van der Waals surface area contributed by atoms with E-state index in [0.717, 1.165) is 0 Å². The van der Waals surface area contributed by atoms with E-state index in [-0.39, 0.29) is 10.3 Å². The van der Waals surface area contributed by atoms with Gasteiger partial charge in [0.1, 0.15) is 16.1 Å². The molecule has 0 spiro atoms. The van der Waals surface area contributed by atoms with Crippen LogP contribution in [0.1, 0.15) is 0 Å². The van der Waals surface area contributed by atoms with Crippen LogP contribution in [0.3, 0.4) is 0 Å². The molecule has 0 aliphatic heterocycles. The van der Waals surface area contributed by atoms with Crippen molar-refractivity contribution in [2.75, 3.05) is 7.11 Å². The summed E-state index contributed by atoms with van der Waals surface area (Å²) in [7, 11) is 1.54. The maximum Gasteiger partial charge on any atom is 0.167 e. The zero-order valence-electron chi connectivity index (χ0n) is 8.75. The fourth-order valence-corrected chi connectivity index (χ4v) is 2.07. The minimum Gasteiger partial charge on any atom is -0.496 e. The molecule has 0 aliphatic carbocycles. The Hall–Kier alpha value is -1.03. The van der Waals surface area contributed by atoms with Crippen LogP contribution >= 0.6 is 34.8 Å². The summed E-state index contributed by atoms with van der Waals surface area (Å²) >= 11 is 17.8. The van der Waals surface area contributed by atoms with Gasteiger partial charge in [-0.2, -0.15) is 0 Å². The van der Waals surface area contributed by atoms with E-state index in [2.05, 4.69) is 9.97 Å². The van der Waals surface area contributed by atoms with Gasteiger partial charge in [0, 0.05) is 6.07 Å². The third kappa shape index (κ3) is 2.63. The average molecular weight is 290 g/mol. The summed E-state index contributed by atoms with van der Waals surface area (Å²) in [6.45, 7) is 0. The van der Waals surface area contributed by atoms with Gasteiger partial charge in [-0.25, -0.2) is 9.97 Å². The lowest BCUT2D eigenvalue weighted by molar-refractivity contribution is 0.416. The van der Waals surface area contributed by atoms with Crippen LogP contribution in [0.4, 0.5) is 0 Å². The Morgan fingerprint density at radius 1 is 1.06 bits per heavy atom. The lowest BCUT2D eigenvalue weighted by Gasteiger charge is -2.09. The molecule has 2 aromatic rings. The Kier molecular flexibility index (Phi) is 3.72. The molecule has 0 saturated carbocycles. The van der Waals surface area contributed by atoms with Crippen LogP contribution in [0.5, 0.6) is 5.75 Å². The monoisotopic (exact) mass is 288 g/mol. The Morgan fingerprint density at radius 2 is 1.71 bits per heavy atom. The second kappa shape index (κ2) is 5.08. The predicted octanol–water partition coefficient (Wildman–Crippen LogP) is 4.11. The molecule has 0 fully saturated rings. The molecule has 0 N–H and O–H groups in total. The van der Waals surface area contributed by atoms with E-state index >= 15 is 0 Å². The van der Waals surface area contributed by atoms with Gasteiger partial charge >= 0.3 is 0 Å². The first-order valence-corrected chi connectivity index (χ1v) is 5.78. The highest BCUT2D eigenvalue weighted by Crippen LogP contribution is 2.35. The van der Waals surface area contributed by atoms with Crippen LogP contribution < -0.4 is 4.74 Å². The first kappa shape index (κ1) is 12.4.